The molecule has 0 aliphatic heterocycles. The lowest BCUT2D eigenvalue weighted by Gasteiger charge is -2.04. The number of aliphatic hydroxyl groups excluding tert-OH is 1. The molecule has 0 aliphatic rings. The summed E-state index contributed by atoms with van der Waals surface area (Å²) in [5, 5.41) is 25.2. The van der Waals surface area contributed by atoms with E-state index in [0.29, 0.717) is 25.3 Å². The van der Waals surface area contributed by atoms with Gasteiger partial charge in [-0.15, -0.1) is 5.10 Å². The van der Waals surface area contributed by atoms with Crippen molar-refractivity contribution in [2.45, 2.75) is 19.4 Å². The van der Waals surface area contributed by atoms with Gasteiger partial charge >= 0.3 is 0 Å². The van der Waals surface area contributed by atoms with Crippen LogP contribution in [0.2, 0.25) is 0 Å². The van der Waals surface area contributed by atoms with Gasteiger partial charge in [-0.25, -0.2) is 4.68 Å². The number of ether oxygens (including phenoxy) is 1. The van der Waals surface area contributed by atoms with E-state index in [4.69, 9.17) is 15.1 Å². The number of aromatic nitrogens is 3. The van der Waals surface area contributed by atoms with E-state index in [1.54, 1.807) is 11.8 Å². The fourth-order valence-corrected chi connectivity index (χ4v) is 1.33. The van der Waals surface area contributed by atoms with Gasteiger partial charge in [0.1, 0.15) is 5.69 Å². The van der Waals surface area contributed by atoms with E-state index in [9.17, 15) is 0 Å². The first-order valence-corrected chi connectivity index (χ1v) is 4.71. The van der Waals surface area contributed by atoms with E-state index in [1.165, 1.54) is 0 Å². The molecule has 82 valence electrons. The summed E-state index contributed by atoms with van der Waals surface area (Å²) in [6, 6.07) is 2.04. The number of hydrogen-bond donors (Lipinski definition) is 1. The maximum atomic E-state index is 8.82. The van der Waals surface area contributed by atoms with Crippen molar-refractivity contribution in [2.24, 2.45) is 0 Å². The molecule has 0 aliphatic carbocycles. The Morgan fingerprint density at radius 1 is 1.60 bits per heavy atom. The van der Waals surface area contributed by atoms with Gasteiger partial charge in [-0.05, 0) is 0 Å². The Morgan fingerprint density at radius 3 is 3.00 bits per heavy atom. The van der Waals surface area contributed by atoms with Gasteiger partial charge < -0.3 is 9.84 Å². The summed E-state index contributed by atoms with van der Waals surface area (Å²) in [7, 11) is 1.62. The summed E-state index contributed by atoms with van der Waals surface area (Å²) in [6.07, 6.45) is 0.894. The molecular formula is C9H14N4O2. The number of aliphatic hydroxyl groups is 1. The van der Waals surface area contributed by atoms with Crippen LogP contribution in [0.1, 0.15) is 11.4 Å². The Labute approximate surface area is 88.1 Å². The van der Waals surface area contributed by atoms with Crippen LogP contribution in [-0.4, -0.2) is 40.4 Å². The smallest absolute Gasteiger partial charge is 0.100 e. The van der Waals surface area contributed by atoms with Crippen molar-refractivity contribution in [3.63, 3.8) is 0 Å². The quantitative estimate of drug-likeness (QED) is 0.686. The van der Waals surface area contributed by atoms with Crippen molar-refractivity contribution in [2.75, 3.05) is 20.3 Å². The number of nitrogens with zero attached hydrogens (tertiary/aromatic N) is 4. The monoisotopic (exact) mass is 210 g/mol. The van der Waals surface area contributed by atoms with Crippen LogP contribution in [0.3, 0.4) is 0 Å². The second-order valence-electron chi connectivity index (χ2n) is 3.01. The van der Waals surface area contributed by atoms with E-state index >= 15 is 0 Å². The largest absolute Gasteiger partial charge is 0.394 e. The average Bonchev–Trinajstić information content (AvgIpc) is 2.60. The number of rotatable bonds is 6. The predicted molar refractivity (Wildman–Crippen MR) is 52.0 cm³/mol. The topological polar surface area (TPSA) is 84.0 Å². The Hall–Kier alpha value is -1.45. The molecule has 0 saturated carbocycles. The third-order valence-electron chi connectivity index (χ3n) is 2.02. The van der Waals surface area contributed by atoms with Crippen molar-refractivity contribution in [3.05, 3.63) is 11.4 Å². The maximum absolute atomic E-state index is 8.82. The molecule has 1 aromatic rings. The van der Waals surface area contributed by atoms with Crippen molar-refractivity contribution >= 4 is 0 Å². The van der Waals surface area contributed by atoms with Crippen molar-refractivity contribution in [1.29, 1.82) is 5.26 Å². The zero-order chi connectivity index (χ0) is 11.1. The molecule has 0 saturated heterocycles. The summed E-state index contributed by atoms with van der Waals surface area (Å²) >= 11 is 0. The minimum atomic E-state index is 0.00926. The van der Waals surface area contributed by atoms with Crippen LogP contribution in [0.25, 0.3) is 0 Å². The van der Waals surface area contributed by atoms with E-state index in [0.717, 1.165) is 5.69 Å². The molecule has 0 unspecified atom stereocenters. The lowest BCUT2D eigenvalue weighted by Crippen LogP contribution is -2.11. The van der Waals surface area contributed by atoms with Gasteiger partial charge in [-0.3, -0.25) is 0 Å². The van der Waals surface area contributed by atoms with Crippen LogP contribution in [0.5, 0.6) is 0 Å². The Balaban J connectivity index is 2.82. The molecule has 0 radical (unpaired) electrons. The molecule has 6 nitrogen and oxygen atoms in total. The highest BCUT2D eigenvalue weighted by Crippen LogP contribution is 2.07. The lowest BCUT2D eigenvalue weighted by molar-refractivity contribution is 0.198. The van der Waals surface area contributed by atoms with E-state index in [1.807, 2.05) is 6.07 Å². The van der Waals surface area contributed by atoms with Gasteiger partial charge in [-0.2, -0.15) is 5.26 Å². The summed E-state index contributed by atoms with van der Waals surface area (Å²) in [5.41, 5.74) is 1.54. The molecule has 1 aromatic heterocycles. The highest BCUT2D eigenvalue weighted by Gasteiger charge is 2.11. The minimum absolute atomic E-state index is 0.00926. The summed E-state index contributed by atoms with van der Waals surface area (Å²) in [5.74, 6) is 0. The Bertz CT molecular complexity index is 342. The summed E-state index contributed by atoms with van der Waals surface area (Å²) < 4.78 is 6.58. The molecule has 0 atom stereocenters. The van der Waals surface area contributed by atoms with E-state index in [2.05, 4.69) is 10.3 Å². The molecule has 0 aromatic carbocycles. The standard InChI is InChI=1S/C9H14N4O2/c1-15-7-3-9-8(2-4-10)11-12-13(9)5-6-14/h14H,2-3,5-7H2,1H3. The molecule has 0 amide bonds. The zero-order valence-electron chi connectivity index (χ0n) is 8.68. The van der Waals surface area contributed by atoms with Gasteiger partial charge in [0.15, 0.2) is 0 Å². The molecule has 1 N–H and O–H groups in total. The van der Waals surface area contributed by atoms with Crippen LogP contribution in [-0.2, 0) is 24.1 Å². The van der Waals surface area contributed by atoms with Crippen LogP contribution in [0.4, 0.5) is 0 Å². The van der Waals surface area contributed by atoms with Gasteiger partial charge in [0.25, 0.3) is 0 Å². The molecule has 1 rings (SSSR count). The van der Waals surface area contributed by atoms with Gasteiger partial charge in [0.05, 0.1) is 37.9 Å². The average molecular weight is 210 g/mol. The normalized spacial score (nSPS) is 10.2. The number of methoxy groups -OCH3 is 1. The molecule has 15 heavy (non-hydrogen) atoms. The summed E-state index contributed by atoms with van der Waals surface area (Å²) in [4.78, 5) is 0. The predicted octanol–water partition coefficient (Wildman–Crippen LogP) is -0.475. The first kappa shape index (κ1) is 11.6. The number of nitriles is 1. The molecular weight excluding hydrogens is 196 g/mol. The Morgan fingerprint density at radius 2 is 2.40 bits per heavy atom. The van der Waals surface area contributed by atoms with Gasteiger partial charge in [0, 0.05) is 13.5 Å². The Kier molecular flexibility index (Phi) is 4.74. The SMILES string of the molecule is COCCc1c(CC#N)nnn1CCO. The second kappa shape index (κ2) is 6.11. The third kappa shape index (κ3) is 3.01. The van der Waals surface area contributed by atoms with Crippen LogP contribution in [0.15, 0.2) is 0 Å². The zero-order valence-corrected chi connectivity index (χ0v) is 8.68. The number of hydrogen-bond acceptors (Lipinski definition) is 5. The first-order chi connectivity index (χ1) is 7.33. The maximum Gasteiger partial charge on any atom is 0.100 e. The lowest BCUT2D eigenvalue weighted by atomic mass is 10.2. The summed E-state index contributed by atoms with van der Waals surface area (Å²) in [6.45, 7) is 0.962. The first-order valence-electron chi connectivity index (χ1n) is 4.71. The molecule has 0 bridgehead atoms. The van der Waals surface area contributed by atoms with Crippen molar-refractivity contribution in [1.82, 2.24) is 15.0 Å². The molecule has 0 fully saturated rings. The van der Waals surface area contributed by atoms with Gasteiger partial charge in [-0.1, -0.05) is 5.21 Å². The second-order valence-corrected chi connectivity index (χ2v) is 3.01. The van der Waals surface area contributed by atoms with Crippen molar-refractivity contribution < 1.29 is 9.84 Å². The van der Waals surface area contributed by atoms with Crippen molar-refractivity contribution in [3.8, 4) is 6.07 Å². The molecule has 6 heteroatoms. The molecule has 1 heterocycles. The highest BCUT2D eigenvalue weighted by atomic mass is 16.5. The van der Waals surface area contributed by atoms with Crippen LogP contribution in [0, 0.1) is 11.3 Å². The van der Waals surface area contributed by atoms with E-state index < -0.39 is 0 Å². The third-order valence-corrected chi connectivity index (χ3v) is 2.02. The van der Waals surface area contributed by atoms with E-state index in [-0.39, 0.29) is 13.0 Å². The fraction of sp³-hybridized carbons (Fsp3) is 0.667. The van der Waals surface area contributed by atoms with Crippen LogP contribution < -0.4 is 0 Å². The van der Waals surface area contributed by atoms with Gasteiger partial charge in [0.2, 0.25) is 0 Å². The fourth-order valence-electron chi connectivity index (χ4n) is 1.33. The minimum Gasteiger partial charge on any atom is -0.394 e. The van der Waals surface area contributed by atoms with Crippen LogP contribution >= 0.6 is 0 Å². The molecule has 0 spiro atoms. The highest BCUT2D eigenvalue weighted by molar-refractivity contribution is 5.14.